The molecule has 0 aliphatic carbocycles. The van der Waals surface area contributed by atoms with Crippen molar-refractivity contribution in [2.24, 2.45) is 5.41 Å². The Morgan fingerprint density at radius 1 is 1.26 bits per heavy atom. The average Bonchev–Trinajstić information content (AvgIpc) is 3.15. The van der Waals surface area contributed by atoms with E-state index in [1.54, 1.807) is 31.3 Å². The van der Waals surface area contributed by atoms with E-state index in [2.05, 4.69) is 5.10 Å². The quantitative estimate of drug-likeness (QED) is 0.939. The van der Waals surface area contributed by atoms with Gasteiger partial charge in [0.15, 0.2) is 5.69 Å². The highest BCUT2D eigenvalue weighted by Gasteiger charge is 2.42. The van der Waals surface area contributed by atoms with Crippen molar-refractivity contribution in [1.29, 1.82) is 0 Å². The van der Waals surface area contributed by atoms with Gasteiger partial charge in [-0.05, 0) is 43.7 Å². The molecule has 1 atom stereocenters. The van der Waals surface area contributed by atoms with Crippen LogP contribution in [0.25, 0.3) is 5.69 Å². The molecule has 1 amide bonds. The van der Waals surface area contributed by atoms with Crippen LogP contribution >= 0.6 is 0 Å². The summed E-state index contributed by atoms with van der Waals surface area (Å²) in [5.41, 5.74) is -0.0268. The summed E-state index contributed by atoms with van der Waals surface area (Å²) in [6.45, 7) is 2.20. The Morgan fingerprint density at radius 2 is 1.96 bits per heavy atom. The number of halogens is 1. The van der Waals surface area contributed by atoms with E-state index < -0.39 is 11.4 Å². The summed E-state index contributed by atoms with van der Waals surface area (Å²) in [7, 11) is 0. The standard InChI is InChI=1S/C16H16FN3O3/c1-16(15(22)23)7-9-19(10-16)14(21)13-6-8-20(18-13)12-4-2-11(17)3-5-12/h2-6,8H,7,9-10H2,1H3,(H,22,23). The predicted molar refractivity (Wildman–Crippen MR) is 79.8 cm³/mol. The van der Waals surface area contributed by atoms with Crippen LogP contribution in [0.3, 0.4) is 0 Å². The van der Waals surface area contributed by atoms with Gasteiger partial charge in [-0.3, -0.25) is 9.59 Å². The van der Waals surface area contributed by atoms with E-state index in [0.29, 0.717) is 18.7 Å². The van der Waals surface area contributed by atoms with Gasteiger partial charge >= 0.3 is 5.97 Å². The maximum atomic E-state index is 12.9. The minimum atomic E-state index is -0.908. The third kappa shape index (κ3) is 2.81. The molecule has 120 valence electrons. The fourth-order valence-corrected chi connectivity index (χ4v) is 2.65. The molecule has 1 saturated heterocycles. The molecule has 0 radical (unpaired) electrons. The van der Waals surface area contributed by atoms with Gasteiger partial charge in [0.2, 0.25) is 0 Å². The Bertz CT molecular complexity index is 756. The van der Waals surface area contributed by atoms with E-state index in [0.717, 1.165) is 0 Å². The molecule has 1 aliphatic heterocycles. The molecule has 0 spiro atoms. The highest BCUT2D eigenvalue weighted by atomic mass is 19.1. The molecule has 0 saturated carbocycles. The number of benzene rings is 1. The number of aromatic nitrogens is 2. The minimum absolute atomic E-state index is 0.171. The van der Waals surface area contributed by atoms with Gasteiger partial charge in [0.25, 0.3) is 5.91 Å². The fraction of sp³-hybridized carbons (Fsp3) is 0.312. The van der Waals surface area contributed by atoms with E-state index >= 15 is 0 Å². The number of aliphatic carboxylic acids is 1. The lowest BCUT2D eigenvalue weighted by atomic mass is 9.90. The summed E-state index contributed by atoms with van der Waals surface area (Å²) >= 11 is 0. The van der Waals surface area contributed by atoms with E-state index in [1.165, 1.54) is 21.7 Å². The van der Waals surface area contributed by atoms with Crippen molar-refractivity contribution in [2.75, 3.05) is 13.1 Å². The monoisotopic (exact) mass is 317 g/mol. The lowest BCUT2D eigenvalue weighted by Gasteiger charge is -2.19. The molecule has 7 heteroatoms. The molecule has 23 heavy (non-hydrogen) atoms. The molecule has 1 fully saturated rings. The summed E-state index contributed by atoms with van der Waals surface area (Å²) in [6, 6.07) is 7.33. The summed E-state index contributed by atoms with van der Waals surface area (Å²) < 4.78 is 14.4. The first-order valence-electron chi connectivity index (χ1n) is 7.23. The Labute approximate surface area is 132 Å². The van der Waals surface area contributed by atoms with Gasteiger partial charge < -0.3 is 10.0 Å². The Kier molecular flexibility index (Phi) is 3.63. The maximum absolute atomic E-state index is 12.9. The molecule has 1 N–H and O–H groups in total. The number of amides is 1. The average molecular weight is 317 g/mol. The second-order valence-corrected chi connectivity index (χ2v) is 5.96. The van der Waals surface area contributed by atoms with E-state index in [1.807, 2.05) is 0 Å². The van der Waals surface area contributed by atoms with Crippen LogP contribution in [0, 0.1) is 11.2 Å². The van der Waals surface area contributed by atoms with Crippen molar-refractivity contribution in [3.63, 3.8) is 0 Å². The SMILES string of the molecule is CC1(C(=O)O)CCN(C(=O)c2ccn(-c3ccc(F)cc3)n2)C1. The number of hydrogen-bond acceptors (Lipinski definition) is 3. The summed E-state index contributed by atoms with van der Waals surface area (Å²) in [4.78, 5) is 25.2. The number of carboxylic acid groups (broad SMARTS) is 1. The lowest BCUT2D eigenvalue weighted by Crippen LogP contribution is -2.35. The van der Waals surface area contributed by atoms with Gasteiger partial charge in [-0.25, -0.2) is 9.07 Å². The summed E-state index contributed by atoms with van der Waals surface area (Å²) in [5.74, 6) is -1.54. The molecule has 1 aromatic carbocycles. The second kappa shape index (κ2) is 5.49. The largest absolute Gasteiger partial charge is 0.481 e. The molecule has 2 aromatic rings. The first kappa shape index (κ1) is 15.2. The van der Waals surface area contributed by atoms with E-state index in [9.17, 15) is 19.1 Å². The van der Waals surface area contributed by atoms with Crippen LogP contribution in [0.15, 0.2) is 36.5 Å². The number of nitrogens with zero attached hydrogens (tertiary/aromatic N) is 3. The fourth-order valence-electron chi connectivity index (χ4n) is 2.65. The zero-order chi connectivity index (χ0) is 16.6. The summed E-state index contributed by atoms with van der Waals surface area (Å²) in [5, 5.41) is 13.4. The number of carbonyl (C=O) groups is 2. The van der Waals surface area contributed by atoms with Gasteiger partial charge in [0.1, 0.15) is 5.82 Å². The molecular weight excluding hydrogens is 301 g/mol. The van der Waals surface area contributed by atoms with Crippen molar-refractivity contribution < 1.29 is 19.1 Å². The molecule has 0 bridgehead atoms. The third-order valence-electron chi connectivity index (χ3n) is 4.18. The Morgan fingerprint density at radius 3 is 2.57 bits per heavy atom. The molecule has 6 nitrogen and oxygen atoms in total. The third-order valence-corrected chi connectivity index (χ3v) is 4.18. The highest BCUT2D eigenvalue weighted by Crippen LogP contribution is 2.30. The smallest absolute Gasteiger partial charge is 0.311 e. The van der Waals surface area contributed by atoms with Crippen LogP contribution in [-0.2, 0) is 4.79 Å². The summed E-state index contributed by atoms with van der Waals surface area (Å²) in [6.07, 6.45) is 2.04. The van der Waals surface area contributed by atoms with Crippen molar-refractivity contribution in [1.82, 2.24) is 14.7 Å². The van der Waals surface area contributed by atoms with Gasteiger partial charge in [-0.2, -0.15) is 5.10 Å². The van der Waals surface area contributed by atoms with Crippen molar-refractivity contribution in [3.8, 4) is 5.69 Å². The number of carbonyl (C=O) groups excluding carboxylic acids is 1. The molecule has 1 aliphatic rings. The van der Waals surface area contributed by atoms with Gasteiger partial charge in [0, 0.05) is 19.3 Å². The first-order chi connectivity index (χ1) is 10.9. The number of likely N-dealkylation sites (tertiary alicyclic amines) is 1. The molecule has 1 aromatic heterocycles. The van der Waals surface area contributed by atoms with Crippen molar-refractivity contribution in [3.05, 3.63) is 48.0 Å². The molecule has 1 unspecified atom stereocenters. The van der Waals surface area contributed by atoms with Crippen LogP contribution in [0.1, 0.15) is 23.8 Å². The van der Waals surface area contributed by atoms with Crippen LogP contribution in [0.5, 0.6) is 0 Å². The van der Waals surface area contributed by atoms with E-state index in [4.69, 9.17) is 0 Å². The normalized spacial score (nSPS) is 20.7. The minimum Gasteiger partial charge on any atom is -0.481 e. The highest BCUT2D eigenvalue weighted by molar-refractivity contribution is 5.93. The Balaban J connectivity index is 1.77. The Hall–Kier alpha value is -2.70. The predicted octanol–water partition coefficient (Wildman–Crippen LogP) is 1.95. The van der Waals surface area contributed by atoms with Gasteiger partial charge in [0.05, 0.1) is 11.1 Å². The van der Waals surface area contributed by atoms with Crippen molar-refractivity contribution >= 4 is 11.9 Å². The number of rotatable bonds is 3. The number of hydrogen-bond donors (Lipinski definition) is 1. The van der Waals surface area contributed by atoms with E-state index in [-0.39, 0.29) is 24.0 Å². The van der Waals surface area contributed by atoms with Gasteiger partial charge in [-0.15, -0.1) is 0 Å². The van der Waals surface area contributed by atoms with Crippen LogP contribution in [-0.4, -0.2) is 44.8 Å². The lowest BCUT2D eigenvalue weighted by molar-refractivity contribution is -0.147. The van der Waals surface area contributed by atoms with Crippen LogP contribution < -0.4 is 0 Å². The second-order valence-electron chi connectivity index (χ2n) is 5.96. The van der Waals surface area contributed by atoms with Crippen LogP contribution in [0.2, 0.25) is 0 Å². The maximum Gasteiger partial charge on any atom is 0.311 e. The molecule has 3 rings (SSSR count). The van der Waals surface area contributed by atoms with Crippen LogP contribution in [0.4, 0.5) is 4.39 Å². The topological polar surface area (TPSA) is 75.4 Å². The number of carboxylic acids is 1. The molecular formula is C16H16FN3O3. The molecule has 2 heterocycles. The zero-order valence-electron chi connectivity index (χ0n) is 12.6. The first-order valence-corrected chi connectivity index (χ1v) is 7.23. The van der Waals surface area contributed by atoms with Crippen molar-refractivity contribution in [2.45, 2.75) is 13.3 Å². The zero-order valence-corrected chi connectivity index (χ0v) is 12.6. The van der Waals surface area contributed by atoms with Gasteiger partial charge in [-0.1, -0.05) is 0 Å².